The molecule has 0 saturated heterocycles. The van der Waals surface area contributed by atoms with Gasteiger partial charge < -0.3 is 0 Å². The Kier molecular flexibility index (Phi) is 5.18. The van der Waals surface area contributed by atoms with Gasteiger partial charge in [0, 0.05) is 0 Å². The van der Waals surface area contributed by atoms with Gasteiger partial charge in [0.1, 0.15) is 0 Å². The lowest BCUT2D eigenvalue weighted by molar-refractivity contribution is 0.404. The maximum atomic E-state index is 6.89. The molecule has 0 heterocycles. The zero-order valence-electron chi connectivity index (χ0n) is 13.6. The van der Waals surface area contributed by atoms with Crippen LogP contribution in [0.4, 0.5) is 0 Å². The quantitative estimate of drug-likeness (QED) is 0.545. The second-order valence-electron chi connectivity index (χ2n) is 7.17. The molecule has 0 amide bonds. The first kappa shape index (κ1) is 15.9. The summed E-state index contributed by atoms with van der Waals surface area (Å²) >= 11 is 6.89. The van der Waals surface area contributed by atoms with Crippen LogP contribution in [0.25, 0.3) is 0 Å². The minimum absolute atomic E-state index is 0.186. The number of alkyl halides is 1. The van der Waals surface area contributed by atoms with Gasteiger partial charge in [-0.25, -0.2) is 0 Å². The minimum Gasteiger partial charge on any atom is -0.118 e. The molecule has 0 aromatic heterocycles. The average Bonchev–Trinajstić information content (AvgIpc) is 2.83. The summed E-state index contributed by atoms with van der Waals surface area (Å²) in [6.07, 6.45) is 3.98. The highest BCUT2D eigenvalue weighted by Crippen LogP contribution is 2.45. The Morgan fingerprint density at radius 2 is 1.70 bits per heavy atom. The molecule has 3 unspecified atom stereocenters. The van der Waals surface area contributed by atoms with E-state index in [-0.39, 0.29) is 5.38 Å². The van der Waals surface area contributed by atoms with Gasteiger partial charge in [0.05, 0.1) is 5.38 Å². The van der Waals surface area contributed by atoms with Crippen LogP contribution in [-0.2, 0) is 0 Å². The molecule has 1 fully saturated rings. The fraction of sp³-hybridized carbons (Fsp3) is 0.684. The monoisotopic (exact) mass is 292 g/mol. The number of hydrogen-bond donors (Lipinski definition) is 0. The van der Waals surface area contributed by atoms with E-state index in [1.165, 1.54) is 36.0 Å². The third-order valence-electron chi connectivity index (χ3n) is 5.00. The highest BCUT2D eigenvalue weighted by Gasteiger charge is 2.32. The van der Waals surface area contributed by atoms with Crippen LogP contribution in [0.3, 0.4) is 0 Å². The molecule has 0 nitrogen and oxygen atoms in total. The first-order valence-corrected chi connectivity index (χ1v) is 8.63. The Morgan fingerprint density at radius 3 is 2.20 bits per heavy atom. The predicted molar refractivity (Wildman–Crippen MR) is 89.7 cm³/mol. The van der Waals surface area contributed by atoms with Crippen LogP contribution in [0.1, 0.15) is 87.8 Å². The summed E-state index contributed by atoms with van der Waals surface area (Å²) in [7, 11) is 0. The Labute approximate surface area is 129 Å². The maximum Gasteiger partial charge on any atom is 0.0618 e. The zero-order chi connectivity index (χ0) is 14.9. The topological polar surface area (TPSA) is 0 Å². The van der Waals surface area contributed by atoms with Gasteiger partial charge >= 0.3 is 0 Å². The van der Waals surface area contributed by atoms with E-state index >= 15 is 0 Å². The van der Waals surface area contributed by atoms with E-state index in [4.69, 9.17) is 11.6 Å². The van der Waals surface area contributed by atoms with Crippen LogP contribution >= 0.6 is 11.6 Å². The van der Waals surface area contributed by atoms with Crippen molar-refractivity contribution >= 4 is 11.6 Å². The average molecular weight is 293 g/mol. The lowest BCUT2D eigenvalue weighted by Gasteiger charge is -2.26. The van der Waals surface area contributed by atoms with Gasteiger partial charge in [-0.05, 0) is 46.8 Å². The van der Waals surface area contributed by atoms with Gasteiger partial charge in [0.2, 0.25) is 0 Å². The molecule has 0 spiro atoms. The van der Waals surface area contributed by atoms with Crippen LogP contribution in [0, 0.1) is 11.8 Å². The molecular weight excluding hydrogens is 264 g/mol. The fourth-order valence-electron chi connectivity index (χ4n) is 3.54. The first-order chi connectivity index (χ1) is 9.41. The van der Waals surface area contributed by atoms with Crippen molar-refractivity contribution in [2.45, 2.75) is 71.1 Å². The van der Waals surface area contributed by atoms with Crippen LogP contribution in [0.15, 0.2) is 18.2 Å². The van der Waals surface area contributed by atoms with E-state index in [1.807, 2.05) is 0 Å². The highest BCUT2D eigenvalue weighted by molar-refractivity contribution is 6.21. The van der Waals surface area contributed by atoms with Crippen molar-refractivity contribution in [3.8, 4) is 0 Å². The lowest BCUT2D eigenvalue weighted by atomic mass is 9.84. The fourth-order valence-corrected chi connectivity index (χ4v) is 4.12. The van der Waals surface area contributed by atoms with Crippen molar-refractivity contribution in [3.05, 3.63) is 34.9 Å². The molecule has 0 aliphatic heterocycles. The summed E-state index contributed by atoms with van der Waals surface area (Å²) in [6.45, 7) is 11.5. The van der Waals surface area contributed by atoms with Crippen molar-refractivity contribution in [1.82, 2.24) is 0 Å². The number of rotatable bonds is 4. The molecule has 1 aromatic carbocycles. The Morgan fingerprint density at radius 1 is 1.00 bits per heavy atom. The van der Waals surface area contributed by atoms with Crippen LogP contribution in [-0.4, -0.2) is 0 Å². The van der Waals surface area contributed by atoms with E-state index < -0.39 is 0 Å². The molecule has 3 atom stereocenters. The molecule has 20 heavy (non-hydrogen) atoms. The van der Waals surface area contributed by atoms with Gasteiger partial charge in [-0.1, -0.05) is 65.7 Å². The van der Waals surface area contributed by atoms with E-state index in [0.29, 0.717) is 17.8 Å². The van der Waals surface area contributed by atoms with Crippen LogP contribution in [0.2, 0.25) is 0 Å². The van der Waals surface area contributed by atoms with Gasteiger partial charge in [-0.3, -0.25) is 0 Å². The summed E-state index contributed by atoms with van der Waals surface area (Å²) in [5.74, 6) is 2.55. The van der Waals surface area contributed by atoms with Crippen molar-refractivity contribution in [2.24, 2.45) is 11.8 Å². The number of halogens is 1. The third kappa shape index (κ3) is 3.22. The summed E-state index contributed by atoms with van der Waals surface area (Å²) in [4.78, 5) is 0. The van der Waals surface area contributed by atoms with Crippen LogP contribution < -0.4 is 0 Å². The van der Waals surface area contributed by atoms with Crippen molar-refractivity contribution in [3.63, 3.8) is 0 Å². The van der Waals surface area contributed by atoms with Gasteiger partial charge in [0.15, 0.2) is 0 Å². The number of benzene rings is 1. The molecule has 112 valence electrons. The Hall–Kier alpha value is -0.490. The van der Waals surface area contributed by atoms with E-state index in [9.17, 15) is 0 Å². The maximum absolute atomic E-state index is 6.89. The lowest BCUT2D eigenvalue weighted by Crippen LogP contribution is -2.13. The molecule has 1 aliphatic carbocycles. The second-order valence-corrected chi connectivity index (χ2v) is 7.64. The highest BCUT2D eigenvalue weighted by atomic mass is 35.5. The molecule has 1 aliphatic rings. The molecular formula is C19H29Cl. The summed E-state index contributed by atoms with van der Waals surface area (Å²) in [5, 5.41) is 0.186. The molecule has 1 saturated carbocycles. The first-order valence-electron chi connectivity index (χ1n) is 8.19. The van der Waals surface area contributed by atoms with E-state index in [2.05, 4.69) is 52.8 Å². The smallest absolute Gasteiger partial charge is 0.0618 e. The van der Waals surface area contributed by atoms with E-state index in [0.717, 1.165) is 5.92 Å². The van der Waals surface area contributed by atoms with E-state index in [1.54, 1.807) is 0 Å². The Bertz CT molecular complexity index is 447. The molecule has 1 heteroatoms. The normalized spacial score (nSPS) is 24.6. The summed E-state index contributed by atoms with van der Waals surface area (Å²) < 4.78 is 0. The van der Waals surface area contributed by atoms with Crippen molar-refractivity contribution < 1.29 is 0 Å². The SMILES string of the molecule is CC(C)c1ccc(C(Cl)C2CCCC2C)c(C(C)C)c1. The molecule has 0 N–H and O–H groups in total. The molecule has 2 rings (SSSR count). The van der Waals surface area contributed by atoms with Gasteiger partial charge in [-0.15, -0.1) is 11.6 Å². The summed E-state index contributed by atoms with van der Waals surface area (Å²) in [5.41, 5.74) is 4.26. The molecule has 0 radical (unpaired) electrons. The molecule has 1 aromatic rings. The number of hydrogen-bond acceptors (Lipinski definition) is 0. The summed E-state index contributed by atoms with van der Waals surface area (Å²) in [6, 6.07) is 6.97. The van der Waals surface area contributed by atoms with Crippen molar-refractivity contribution in [1.29, 1.82) is 0 Å². The Balaban J connectivity index is 2.35. The predicted octanol–water partition coefficient (Wildman–Crippen LogP) is 6.65. The van der Waals surface area contributed by atoms with Gasteiger partial charge in [-0.2, -0.15) is 0 Å². The minimum atomic E-state index is 0.186. The van der Waals surface area contributed by atoms with Crippen LogP contribution in [0.5, 0.6) is 0 Å². The van der Waals surface area contributed by atoms with Crippen molar-refractivity contribution in [2.75, 3.05) is 0 Å². The standard InChI is InChI=1S/C19H29Cl/c1-12(2)15-9-10-17(18(11-15)13(3)4)19(20)16-8-6-7-14(16)5/h9-14,16,19H,6-8H2,1-5H3. The third-order valence-corrected chi connectivity index (χ3v) is 5.56. The van der Waals surface area contributed by atoms with Gasteiger partial charge in [0.25, 0.3) is 0 Å². The largest absolute Gasteiger partial charge is 0.118 e. The molecule has 0 bridgehead atoms. The second kappa shape index (κ2) is 6.52. The zero-order valence-corrected chi connectivity index (χ0v) is 14.4.